The summed E-state index contributed by atoms with van der Waals surface area (Å²) in [7, 11) is 0. The van der Waals surface area contributed by atoms with Crippen LogP contribution in [0.3, 0.4) is 0 Å². The number of nitrogen functional groups attached to an aromatic ring is 1. The third-order valence-corrected chi connectivity index (χ3v) is 3.70. The molecule has 0 radical (unpaired) electrons. The van der Waals surface area contributed by atoms with E-state index >= 15 is 0 Å². The van der Waals surface area contributed by atoms with Crippen LogP contribution in [0.5, 0.6) is 0 Å². The van der Waals surface area contributed by atoms with Crippen LogP contribution in [0.1, 0.15) is 29.0 Å². The lowest BCUT2D eigenvalue weighted by Gasteiger charge is -2.03. The summed E-state index contributed by atoms with van der Waals surface area (Å²) in [5, 5.41) is 11.5. The van der Waals surface area contributed by atoms with E-state index in [2.05, 4.69) is 0 Å². The van der Waals surface area contributed by atoms with E-state index in [9.17, 15) is 5.11 Å². The lowest BCUT2D eigenvalue weighted by Crippen LogP contribution is -1.92. The van der Waals surface area contributed by atoms with Crippen LogP contribution in [-0.2, 0) is 0 Å². The van der Waals surface area contributed by atoms with E-state index in [1.54, 1.807) is 6.92 Å². The Balaban J connectivity index is 2.30. The fourth-order valence-corrected chi connectivity index (χ4v) is 2.53. The summed E-state index contributed by atoms with van der Waals surface area (Å²) in [6.45, 7) is 1.76. The maximum atomic E-state index is 9.64. The monoisotopic (exact) mass is 245 g/mol. The van der Waals surface area contributed by atoms with Crippen LogP contribution in [0.15, 0.2) is 35.7 Å². The molecule has 17 heavy (non-hydrogen) atoms. The van der Waals surface area contributed by atoms with Gasteiger partial charge in [0, 0.05) is 21.5 Å². The molecule has 0 saturated carbocycles. The maximum absolute atomic E-state index is 9.64. The Morgan fingerprint density at radius 2 is 1.94 bits per heavy atom. The predicted molar refractivity (Wildman–Crippen MR) is 74.7 cm³/mol. The Labute approximate surface area is 105 Å². The third-order valence-electron chi connectivity index (χ3n) is 2.51. The number of anilines is 1. The van der Waals surface area contributed by atoms with E-state index < -0.39 is 6.10 Å². The van der Waals surface area contributed by atoms with Crippen LogP contribution >= 0.6 is 11.3 Å². The molecule has 0 aliphatic carbocycles. The van der Waals surface area contributed by atoms with Crippen LogP contribution in [0.2, 0.25) is 0 Å². The fraction of sp³-hybridized carbons (Fsp3) is 0.143. The lowest BCUT2D eigenvalue weighted by atomic mass is 10.1. The number of rotatable bonds is 3. The number of aliphatic hydroxyl groups is 1. The normalized spacial score (nSPS) is 13.1. The molecule has 0 aliphatic rings. The average Bonchev–Trinajstić information content (AvgIpc) is 2.69. The highest BCUT2D eigenvalue weighted by Gasteiger charge is 2.10. The minimum atomic E-state index is -0.479. The average molecular weight is 245 g/mol. The Morgan fingerprint density at radius 3 is 2.59 bits per heavy atom. The first-order valence-electron chi connectivity index (χ1n) is 5.46. The fourth-order valence-electron chi connectivity index (χ4n) is 1.64. The lowest BCUT2D eigenvalue weighted by molar-refractivity contribution is 0.203. The summed E-state index contributed by atoms with van der Waals surface area (Å²) >= 11 is 1.49. The van der Waals surface area contributed by atoms with Crippen molar-refractivity contribution in [3.05, 3.63) is 51.7 Å². The maximum Gasteiger partial charge on any atom is 0.0860 e. The third kappa shape index (κ3) is 2.75. The molecule has 0 fully saturated rings. The van der Waals surface area contributed by atoms with Gasteiger partial charge in [-0.05, 0) is 12.5 Å². The van der Waals surface area contributed by atoms with E-state index in [-0.39, 0.29) is 0 Å². The molecule has 1 aromatic carbocycles. The summed E-state index contributed by atoms with van der Waals surface area (Å²) < 4.78 is 0. The van der Waals surface area contributed by atoms with Crippen LogP contribution in [0.4, 0.5) is 5.69 Å². The van der Waals surface area contributed by atoms with Gasteiger partial charge in [-0.25, -0.2) is 0 Å². The zero-order chi connectivity index (χ0) is 12.3. The van der Waals surface area contributed by atoms with Gasteiger partial charge in [0.05, 0.1) is 6.10 Å². The molecule has 0 spiro atoms. The Hall–Kier alpha value is -1.58. The minimum Gasteiger partial charge on any atom is -0.398 e. The molecule has 3 N–H and O–H groups in total. The summed E-state index contributed by atoms with van der Waals surface area (Å²) in [6.07, 6.45) is 3.49. The van der Waals surface area contributed by atoms with Gasteiger partial charge in [-0.1, -0.05) is 42.5 Å². The zero-order valence-corrected chi connectivity index (χ0v) is 10.4. The number of benzene rings is 1. The highest BCUT2D eigenvalue weighted by atomic mass is 32.1. The molecule has 0 amide bonds. The van der Waals surface area contributed by atoms with E-state index in [1.807, 2.05) is 47.9 Å². The van der Waals surface area contributed by atoms with Crippen LogP contribution in [-0.4, -0.2) is 5.11 Å². The van der Waals surface area contributed by atoms with E-state index in [0.717, 1.165) is 21.7 Å². The van der Waals surface area contributed by atoms with Gasteiger partial charge in [-0.15, -0.1) is 11.3 Å². The van der Waals surface area contributed by atoms with Crippen molar-refractivity contribution in [3.63, 3.8) is 0 Å². The van der Waals surface area contributed by atoms with Crippen LogP contribution in [0, 0.1) is 0 Å². The van der Waals surface area contributed by atoms with Crippen molar-refractivity contribution in [2.75, 3.05) is 5.73 Å². The number of nitrogens with two attached hydrogens (primary N) is 1. The number of hydrogen-bond acceptors (Lipinski definition) is 3. The molecule has 0 saturated heterocycles. The van der Waals surface area contributed by atoms with Gasteiger partial charge >= 0.3 is 0 Å². The van der Waals surface area contributed by atoms with Gasteiger partial charge in [0.25, 0.3) is 0 Å². The smallest absolute Gasteiger partial charge is 0.0860 e. The van der Waals surface area contributed by atoms with Crippen LogP contribution < -0.4 is 5.73 Å². The molecule has 2 aromatic rings. The molecule has 2 rings (SSSR count). The summed E-state index contributed by atoms with van der Waals surface area (Å²) in [5.41, 5.74) is 8.66. The van der Waals surface area contributed by atoms with Gasteiger partial charge in [0.15, 0.2) is 0 Å². The largest absolute Gasteiger partial charge is 0.398 e. The molecular formula is C14H15NOS. The van der Waals surface area contributed by atoms with Gasteiger partial charge in [-0.3, -0.25) is 0 Å². The molecule has 3 heteroatoms. The summed E-state index contributed by atoms with van der Waals surface area (Å²) in [6, 6.07) is 10.0. The zero-order valence-electron chi connectivity index (χ0n) is 9.63. The standard InChI is InChI=1S/C14H15NOS/c1-10(16)14-12(13(15)9-17-14)8-7-11-5-3-2-4-6-11/h2-10,16H,15H2,1H3. The van der Waals surface area contributed by atoms with Crippen molar-refractivity contribution in [2.45, 2.75) is 13.0 Å². The Kier molecular flexibility index (Phi) is 3.61. The Morgan fingerprint density at radius 1 is 1.24 bits per heavy atom. The SMILES string of the molecule is CC(O)c1scc(N)c1C=Cc1ccccc1. The quantitative estimate of drug-likeness (QED) is 0.868. The summed E-state index contributed by atoms with van der Waals surface area (Å²) in [5.74, 6) is 0. The molecule has 0 aliphatic heterocycles. The second-order valence-electron chi connectivity index (χ2n) is 3.89. The van der Waals surface area contributed by atoms with Crippen molar-refractivity contribution >= 4 is 29.2 Å². The van der Waals surface area contributed by atoms with E-state index in [1.165, 1.54) is 11.3 Å². The van der Waals surface area contributed by atoms with E-state index in [0.29, 0.717) is 0 Å². The van der Waals surface area contributed by atoms with Gasteiger partial charge < -0.3 is 10.8 Å². The highest BCUT2D eigenvalue weighted by Crippen LogP contribution is 2.31. The molecular weight excluding hydrogens is 230 g/mol. The summed E-state index contributed by atoms with van der Waals surface area (Å²) in [4.78, 5) is 0.912. The molecule has 1 heterocycles. The van der Waals surface area contributed by atoms with Crippen LogP contribution in [0.25, 0.3) is 12.2 Å². The van der Waals surface area contributed by atoms with Crippen molar-refractivity contribution in [3.8, 4) is 0 Å². The molecule has 1 unspecified atom stereocenters. The number of aliphatic hydroxyl groups excluding tert-OH is 1. The van der Waals surface area contributed by atoms with Crippen molar-refractivity contribution < 1.29 is 5.11 Å². The Bertz CT molecular complexity index is 514. The van der Waals surface area contributed by atoms with Gasteiger partial charge in [0.1, 0.15) is 0 Å². The first-order chi connectivity index (χ1) is 8.18. The topological polar surface area (TPSA) is 46.2 Å². The van der Waals surface area contributed by atoms with Crippen molar-refractivity contribution in [2.24, 2.45) is 0 Å². The first kappa shape index (κ1) is 11.9. The molecule has 88 valence electrons. The van der Waals surface area contributed by atoms with Crippen molar-refractivity contribution in [1.29, 1.82) is 0 Å². The molecule has 1 atom stereocenters. The van der Waals surface area contributed by atoms with Crippen molar-refractivity contribution in [1.82, 2.24) is 0 Å². The molecule has 0 bridgehead atoms. The molecule has 2 nitrogen and oxygen atoms in total. The second-order valence-corrected chi connectivity index (χ2v) is 4.80. The minimum absolute atomic E-state index is 0.479. The van der Waals surface area contributed by atoms with Gasteiger partial charge in [-0.2, -0.15) is 0 Å². The predicted octanol–water partition coefficient (Wildman–Crippen LogP) is 3.55. The first-order valence-corrected chi connectivity index (χ1v) is 6.34. The highest BCUT2D eigenvalue weighted by molar-refractivity contribution is 7.10. The number of thiophene rings is 1. The molecule has 1 aromatic heterocycles. The van der Waals surface area contributed by atoms with E-state index in [4.69, 9.17) is 5.73 Å². The van der Waals surface area contributed by atoms with Gasteiger partial charge in [0.2, 0.25) is 0 Å². The second kappa shape index (κ2) is 5.17. The number of hydrogen-bond donors (Lipinski definition) is 2.